The summed E-state index contributed by atoms with van der Waals surface area (Å²) >= 11 is 0. The molecule has 2 aliphatic rings. The van der Waals surface area contributed by atoms with Crippen LogP contribution in [0.25, 0.3) is 0 Å². The molecule has 0 aliphatic carbocycles. The van der Waals surface area contributed by atoms with Crippen molar-refractivity contribution in [2.75, 3.05) is 44.2 Å². The summed E-state index contributed by atoms with van der Waals surface area (Å²) in [6, 6.07) is 3.72. The summed E-state index contributed by atoms with van der Waals surface area (Å²) in [4.78, 5) is 33.3. The zero-order valence-corrected chi connectivity index (χ0v) is 16.8. The Bertz CT molecular complexity index is 670. The largest absolute Gasteiger partial charge is 0.376 e. The second-order valence-electron chi connectivity index (χ2n) is 7.45. The number of rotatable bonds is 6. The van der Waals surface area contributed by atoms with Crippen LogP contribution in [0.2, 0.25) is 0 Å². The molecule has 154 valence electrons. The van der Waals surface area contributed by atoms with Crippen molar-refractivity contribution in [2.45, 2.75) is 45.3 Å². The lowest BCUT2D eigenvalue weighted by Crippen LogP contribution is -2.53. The predicted octanol–water partition coefficient (Wildman–Crippen LogP) is 1.62. The maximum Gasteiger partial charge on any atom is 0.317 e. The Morgan fingerprint density at radius 2 is 2.11 bits per heavy atom. The van der Waals surface area contributed by atoms with Crippen molar-refractivity contribution in [3.63, 3.8) is 0 Å². The summed E-state index contributed by atoms with van der Waals surface area (Å²) in [5, 5.41) is 5.97. The van der Waals surface area contributed by atoms with Gasteiger partial charge in [-0.05, 0) is 38.3 Å². The van der Waals surface area contributed by atoms with E-state index in [4.69, 9.17) is 4.74 Å². The molecule has 0 radical (unpaired) electrons. The molecule has 2 aliphatic heterocycles. The van der Waals surface area contributed by atoms with E-state index in [1.165, 1.54) is 0 Å². The molecule has 28 heavy (non-hydrogen) atoms. The van der Waals surface area contributed by atoms with Crippen LogP contribution in [-0.2, 0) is 4.74 Å². The average Bonchev–Trinajstić information content (AvgIpc) is 3.25. The lowest BCUT2D eigenvalue weighted by molar-refractivity contribution is 0.0857. The monoisotopic (exact) mass is 389 g/mol. The highest BCUT2D eigenvalue weighted by molar-refractivity contribution is 5.98. The van der Waals surface area contributed by atoms with E-state index in [0.717, 1.165) is 25.9 Å². The summed E-state index contributed by atoms with van der Waals surface area (Å²) in [5.74, 6) is 0.546. The first-order chi connectivity index (χ1) is 13.6. The third-order valence-corrected chi connectivity index (χ3v) is 5.39. The molecule has 2 saturated heterocycles. The standard InChI is InChI=1S/C20H31N5O3/c1-3-15(2)23-20(27)25-11-9-24(10-12-25)18-17(7-4-8-21-18)19(26)22-14-16-6-5-13-28-16/h4,7-8,15-16H,3,5-6,9-14H2,1-2H3,(H,22,26)(H,23,27). The fourth-order valence-electron chi connectivity index (χ4n) is 3.46. The fourth-order valence-corrected chi connectivity index (χ4v) is 3.46. The topological polar surface area (TPSA) is 86.8 Å². The highest BCUT2D eigenvalue weighted by Crippen LogP contribution is 2.19. The van der Waals surface area contributed by atoms with Crippen molar-refractivity contribution in [3.8, 4) is 0 Å². The van der Waals surface area contributed by atoms with Gasteiger partial charge in [0.15, 0.2) is 0 Å². The van der Waals surface area contributed by atoms with Gasteiger partial charge in [-0.25, -0.2) is 9.78 Å². The highest BCUT2D eigenvalue weighted by atomic mass is 16.5. The van der Waals surface area contributed by atoms with Gasteiger partial charge >= 0.3 is 6.03 Å². The minimum Gasteiger partial charge on any atom is -0.376 e. The molecule has 2 atom stereocenters. The smallest absolute Gasteiger partial charge is 0.317 e. The molecule has 1 aromatic rings. The number of piperazine rings is 1. The van der Waals surface area contributed by atoms with Crippen LogP contribution in [0, 0.1) is 0 Å². The Labute approximate surface area is 166 Å². The van der Waals surface area contributed by atoms with Crippen LogP contribution in [0.4, 0.5) is 10.6 Å². The number of hydrogen-bond acceptors (Lipinski definition) is 5. The van der Waals surface area contributed by atoms with Crippen molar-refractivity contribution in [3.05, 3.63) is 23.9 Å². The quantitative estimate of drug-likeness (QED) is 0.772. The summed E-state index contributed by atoms with van der Waals surface area (Å²) in [6.07, 6.45) is 4.75. The number of anilines is 1. The zero-order valence-electron chi connectivity index (χ0n) is 16.8. The number of hydrogen-bond donors (Lipinski definition) is 2. The van der Waals surface area contributed by atoms with Crippen LogP contribution in [0.3, 0.4) is 0 Å². The van der Waals surface area contributed by atoms with E-state index < -0.39 is 0 Å². The minimum absolute atomic E-state index is 0.0236. The van der Waals surface area contributed by atoms with E-state index in [1.54, 1.807) is 18.3 Å². The van der Waals surface area contributed by atoms with E-state index in [9.17, 15) is 9.59 Å². The SMILES string of the molecule is CCC(C)NC(=O)N1CCN(c2ncccc2C(=O)NCC2CCCO2)CC1. The fraction of sp³-hybridized carbons (Fsp3) is 0.650. The Balaban J connectivity index is 1.57. The number of nitrogens with one attached hydrogen (secondary N) is 2. The molecular formula is C20H31N5O3. The first-order valence-electron chi connectivity index (χ1n) is 10.2. The normalized spacial score (nSPS) is 20.7. The molecule has 0 bridgehead atoms. The third kappa shape index (κ3) is 5.13. The zero-order chi connectivity index (χ0) is 19.9. The van der Waals surface area contributed by atoms with E-state index in [0.29, 0.717) is 44.1 Å². The molecule has 3 amide bonds. The van der Waals surface area contributed by atoms with Gasteiger partial charge in [-0.15, -0.1) is 0 Å². The van der Waals surface area contributed by atoms with Crippen LogP contribution in [-0.4, -0.2) is 73.3 Å². The lowest BCUT2D eigenvalue weighted by atomic mass is 10.2. The van der Waals surface area contributed by atoms with Crippen molar-refractivity contribution < 1.29 is 14.3 Å². The van der Waals surface area contributed by atoms with Crippen LogP contribution in [0.5, 0.6) is 0 Å². The van der Waals surface area contributed by atoms with Gasteiger partial charge in [-0.2, -0.15) is 0 Å². The molecular weight excluding hydrogens is 358 g/mol. The van der Waals surface area contributed by atoms with Crippen molar-refractivity contribution in [1.82, 2.24) is 20.5 Å². The molecule has 2 unspecified atom stereocenters. The van der Waals surface area contributed by atoms with E-state index in [2.05, 4.69) is 27.4 Å². The first-order valence-corrected chi connectivity index (χ1v) is 10.2. The number of pyridine rings is 1. The van der Waals surface area contributed by atoms with Gasteiger partial charge in [-0.1, -0.05) is 6.92 Å². The van der Waals surface area contributed by atoms with Gasteiger partial charge in [0.1, 0.15) is 5.82 Å². The molecule has 0 spiro atoms. The van der Waals surface area contributed by atoms with Gasteiger partial charge in [0, 0.05) is 51.6 Å². The molecule has 1 aromatic heterocycles. The van der Waals surface area contributed by atoms with Crippen LogP contribution in [0.15, 0.2) is 18.3 Å². The molecule has 8 heteroatoms. The second kappa shape index (κ2) is 9.73. The number of amides is 3. The minimum atomic E-state index is -0.129. The summed E-state index contributed by atoms with van der Waals surface area (Å²) < 4.78 is 5.57. The maximum absolute atomic E-state index is 12.7. The number of carbonyl (C=O) groups is 2. The summed E-state index contributed by atoms with van der Waals surface area (Å²) in [6.45, 7) is 7.86. The van der Waals surface area contributed by atoms with Gasteiger partial charge < -0.3 is 25.2 Å². The average molecular weight is 390 g/mol. The molecule has 2 N–H and O–H groups in total. The third-order valence-electron chi connectivity index (χ3n) is 5.39. The Hall–Kier alpha value is -2.35. The molecule has 3 heterocycles. The Morgan fingerprint density at radius 3 is 2.79 bits per heavy atom. The molecule has 8 nitrogen and oxygen atoms in total. The van der Waals surface area contributed by atoms with Gasteiger partial charge in [0.05, 0.1) is 11.7 Å². The van der Waals surface area contributed by atoms with Gasteiger partial charge in [0.2, 0.25) is 0 Å². The van der Waals surface area contributed by atoms with Crippen LogP contribution in [0.1, 0.15) is 43.5 Å². The number of aromatic nitrogens is 1. The molecule has 0 saturated carbocycles. The Morgan fingerprint density at radius 1 is 1.32 bits per heavy atom. The van der Waals surface area contributed by atoms with E-state index >= 15 is 0 Å². The molecule has 0 aromatic carbocycles. The van der Waals surface area contributed by atoms with Crippen LogP contribution < -0.4 is 15.5 Å². The molecule has 3 rings (SSSR count). The van der Waals surface area contributed by atoms with E-state index in [1.807, 2.05) is 11.8 Å². The molecule has 2 fully saturated rings. The van der Waals surface area contributed by atoms with Crippen molar-refractivity contribution in [2.24, 2.45) is 0 Å². The summed E-state index contributed by atoms with van der Waals surface area (Å²) in [7, 11) is 0. The number of urea groups is 1. The predicted molar refractivity (Wildman–Crippen MR) is 108 cm³/mol. The number of nitrogens with zero attached hydrogens (tertiary/aromatic N) is 3. The van der Waals surface area contributed by atoms with Gasteiger partial charge in [0.25, 0.3) is 5.91 Å². The summed E-state index contributed by atoms with van der Waals surface area (Å²) in [5.41, 5.74) is 0.568. The second-order valence-corrected chi connectivity index (χ2v) is 7.45. The van der Waals surface area contributed by atoms with E-state index in [-0.39, 0.29) is 24.1 Å². The van der Waals surface area contributed by atoms with Crippen LogP contribution >= 0.6 is 0 Å². The Kier molecular flexibility index (Phi) is 7.08. The van der Waals surface area contributed by atoms with Gasteiger partial charge in [-0.3, -0.25) is 4.79 Å². The first kappa shape index (κ1) is 20.4. The number of carbonyl (C=O) groups excluding carboxylic acids is 2. The highest BCUT2D eigenvalue weighted by Gasteiger charge is 2.26. The van der Waals surface area contributed by atoms with Crippen molar-refractivity contribution in [1.29, 1.82) is 0 Å². The number of ether oxygens (including phenoxy) is 1. The van der Waals surface area contributed by atoms with Crippen molar-refractivity contribution >= 4 is 17.8 Å². The maximum atomic E-state index is 12.7. The lowest BCUT2D eigenvalue weighted by Gasteiger charge is -2.36.